The second kappa shape index (κ2) is 17.4. The van der Waals surface area contributed by atoms with Gasteiger partial charge in [-0.3, -0.25) is 9.69 Å². The van der Waals surface area contributed by atoms with Crippen LogP contribution in [0.15, 0.2) is 65.6 Å². The number of carbonyl (C=O) groups excluding carboxylic acids is 1. The van der Waals surface area contributed by atoms with Gasteiger partial charge in [0, 0.05) is 75.0 Å². The van der Waals surface area contributed by atoms with Gasteiger partial charge in [-0.2, -0.15) is 0 Å². The average molecular weight is 805 g/mol. The fraction of sp³-hybridized carbons (Fsp3) is 0.636. The highest BCUT2D eigenvalue weighted by Crippen LogP contribution is 2.51. The smallest absolute Gasteiger partial charge is 0.404 e. The maximum atomic E-state index is 15.0. The summed E-state index contributed by atoms with van der Waals surface area (Å²) >= 11 is 0. The second-order valence-electron chi connectivity index (χ2n) is 17.8. The Morgan fingerprint density at radius 2 is 1.54 bits per heavy atom. The molecular weight excluding hydrogens is 744 g/mol. The molecule has 3 atom stereocenters. The highest BCUT2D eigenvalue weighted by Gasteiger charge is 2.53. The third-order valence-corrected chi connectivity index (χ3v) is 16.4. The summed E-state index contributed by atoms with van der Waals surface area (Å²) in [5, 5.41) is 12.1. The lowest BCUT2D eigenvalue weighted by Gasteiger charge is -2.54. The molecule has 310 valence electrons. The number of likely N-dealkylation sites (tertiary alicyclic amines) is 4. The largest absolute Gasteiger partial charge is 0.465 e. The van der Waals surface area contributed by atoms with E-state index in [1.165, 1.54) is 31.7 Å². The van der Waals surface area contributed by atoms with Crippen LogP contribution in [-0.2, 0) is 20.0 Å². The number of sulfone groups is 1. The lowest BCUT2D eigenvalue weighted by atomic mass is 9.57. The highest BCUT2D eigenvalue weighted by molar-refractivity contribution is 7.92. The first-order chi connectivity index (χ1) is 27.6. The van der Waals surface area contributed by atoms with E-state index in [-0.39, 0.29) is 42.2 Å². The Bertz CT molecular complexity index is 1850. The summed E-state index contributed by atoms with van der Waals surface area (Å²) < 4.78 is 41.7. The zero-order valence-electron chi connectivity index (χ0n) is 33.3. The first-order valence-corrected chi connectivity index (χ1v) is 23.1. The van der Waals surface area contributed by atoms with Crippen molar-refractivity contribution in [1.29, 1.82) is 0 Å². The summed E-state index contributed by atoms with van der Waals surface area (Å²) in [4.78, 5) is 36.2. The van der Waals surface area contributed by atoms with E-state index in [0.29, 0.717) is 16.7 Å². The molecule has 1 unspecified atom stereocenters. The number of amides is 2. The number of piperidine rings is 2. The van der Waals surface area contributed by atoms with E-state index in [0.717, 1.165) is 115 Å². The van der Waals surface area contributed by atoms with Crippen molar-refractivity contribution in [1.82, 2.24) is 24.9 Å². The summed E-state index contributed by atoms with van der Waals surface area (Å²) in [5.41, 5.74) is 1.73. The van der Waals surface area contributed by atoms with Crippen molar-refractivity contribution in [3.8, 4) is 0 Å². The minimum Gasteiger partial charge on any atom is -0.465 e. The monoisotopic (exact) mass is 804 g/mol. The molecule has 8 rings (SSSR count). The molecular formula is C44H61FN6O5S. The van der Waals surface area contributed by atoms with Crippen LogP contribution in [0.2, 0.25) is 0 Å². The zero-order valence-corrected chi connectivity index (χ0v) is 34.1. The van der Waals surface area contributed by atoms with Gasteiger partial charge in [0.05, 0.1) is 4.90 Å². The third-order valence-electron chi connectivity index (χ3n) is 14.3. The Kier molecular flexibility index (Phi) is 12.3. The Balaban J connectivity index is 0.835. The number of hydrogen-bond acceptors (Lipinski definition) is 8. The number of benzene rings is 2. The van der Waals surface area contributed by atoms with Crippen molar-refractivity contribution in [2.75, 3.05) is 90.0 Å². The van der Waals surface area contributed by atoms with Crippen LogP contribution >= 0.6 is 0 Å². The average Bonchev–Trinajstić information content (AvgIpc) is 3.60. The van der Waals surface area contributed by atoms with Crippen LogP contribution in [0.3, 0.4) is 0 Å². The molecule has 2 aromatic rings. The first-order valence-electron chi connectivity index (χ1n) is 21.6. The second-order valence-corrected chi connectivity index (χ2v) is 20.0. The maximum Gasteiger partial charge on any atom is 0.404 e. The molecule has 5 heterocycles. The summed E-state index contributed by atoms with van der Waals surface area (Å²) in [5.74, 6) is 0.611. The van der Waals surface area contributed by atoms with Crippen molar-refractivity contribution in [2.24, 2.45) is 17.8 Å². The molecule has 13 heteroatoms. The molecule has 11 nitrogen and oxygen atoms in total. The number of rotatable bonds is 14. The lowest BCUT2D eigenvalue weighted by Crippen LogP contribution is -2.60. The Morgan fingerprint density at radius 1 is 0.825 bits per heavy atom. The van der Waals surface area contributed by atoms with Crippen LogP contribution in [0.4, 0.5) is 14.9 Å². The number of anilines is 1. The molecule has 2 amide bonds. The standard InChI is InChI=1S/C44H61FN6O5S/c45-36-9-4-8-35(26-36)44(32-49-22-7-23-49,40-10-5-11-41(40)46-43(53)54)34-17-24-48(25-18-34)27-33-28-50(29-33)37-13-15-38(16-14-37)57(55,56)39-30-51(31-39)42(52)12-6-21-47-19-2-1-3-20-47/h4,6,8-9,12-16,26,33-34,39-41,46H,1-3,5,7,10-11,17-25,27-32H2,(H,53,54)/b12-6+/t40-,41-,44?/m0/s1. The summed E-state index contributed by atoms with van der Waals surface area (Å²) in [6.07, 6.45) is 12.1. The van der Waals surface area contributed by atoms with Gasteiger partial charge in [0.25, 0.3) is 0 Å². The van der Waals surface area contributed by atoms with Crippen LogP contribution in [-0.4, -0.2) is 141 Å². The predicted octanol–water partition coefficient (Wildman–Crippen LogP) is 5.08. The van der Waals surface area contributed by atoms with Crippen molar-refractivity contribution in [2.45, 2.75) is 79.4 Å². The molecule has 0 spiro atoms. The molecule has 57 heavy (non-hydrogen) atoms. The van der Waals surface area contributed by atoms with E-state index in [1.807, 2.05) is 24.3 Å². The van der Waals surface area contributed by atoms with E-state index < -0.39 is 21.2 Å². The Hall–Kier alpha value is -3.52. The van der Waals surface area contributed by atoms with Crippen LogP contribution in [0, 0.1) is 23.6 Å². The van der Waals surface area contributed by atoms with Gasteiger partial charge in [0.2, 0.25) is 5.91 Å². The SMILES string of the molecule is O=C(O)N[C@H]1CCC[C@@H]1C(CN1CCC1)(c1cccc(F)c1)C1CCN(CC2CN(c3ccc(S(=O)(=O)C4CN(C(=O)/C=C/CN5CCCCC5)C4)cc3)C2)CC1. The van der Waals surface area contributed by atoms with Gasteiger partial charge in [-0.05, 0) is 138 Å². The van der Waals surface area contributed by atoms with Crippen molar-refractivity contribution in [3.05, 3.63) is 72.1 Å². The molecule has 1 saturated carbocycles. The molecule has 0 bridgehead atoms. The van der Waals surface area contributed by atoms with Crippen molar-refractivity contribution >= 4 is 27.5 Å². The molecule has 0 radical (unpaired) electrons. The minimum absolute atomic E-state index is 0.114. The topological polar surface area (TPSA) is 117 Å². The first kappa shape index (κ1) is 40.3. The van der Waals surface area contributed by atoms with Crippen LogP contribution in [0.25, 0.3) is 0 Å². The molecule has 2 N–H and O–H groups in total. The quantitative estimate of drug-likeness (QED) is 0.253. The number of halogens is 1. The van der Waals surface area contributed by atoms with Gasteiger partial charge >= 0.3 is 6.09 Å². The van der Waals surface area contributed by atoms with Gasteiger partial charge in [0.15, 0.2) is 9.84 Å². The molecule has 1 aliphatic carbocycles. The van der Waals surface area contributed by atoms with Crippen molar-refractivity contribution < 1.29 is 27.5 Å². The number of hydrogen-bond donors (Lipinski definition) is 2. The molecule has 6 aliphatic rings. The van der Waals surface area contributed by atoms with Gasteiger partial charge < -0.3 is 30.0 Å². The predicted molar refractivity (Wildman–Crippen MR) is 220 cm³/mol. The van der Waals surface area contributed by atoms with Crippen LogP contribution in [0.1, 0.15) is 63.4 Å². The summed E-state index contributed by atoms with van der Waals surface area (Å²) in [6, 6.07) is 14.3. The fourth-order valence-corrected chi connectivity index (χ4v) is 12.6. The van der Waals surface area contributed by atoms with Crippen LogP contribution in [0.5, 0.6) is 0 Å². The Morgan fingerprint density at radius 3 is 2.21 bits per heavy atom. The highest BCUT2D eigenvalue weighted by atomic mass is 32.2. The minimum atomic E-state index is -3.52. The Labute approximate surface area is 338 Å². The fourth-order valence-electron chi connectivity index (χ4n) is 11.0. The molecule has 5 saturated heterocycles. The third kappa shape index (κ3) is 8.77. The molecule has 2 aromatic carbocycles. The van der Waals surface area contributed by atoms with E-state index in [9.17, 15) is 27.5 Å². The summed E-state index contributed by atoms with van der Waals surface area (Å²) in [6.45, 7) is 11.1. The molecule has 0 aromatic heterocycles. The van der Waals surface area contributed by atoms with Gasteiger partial charge in [-0.25, -0.2) is 17.6 Å². The van der Waals surface area contributed by atoms with Gasteiger partial charge in [-0.1, -0.05) is 31.1 Å². The lowest BCUT2D eigenvalue weighted by molar-refractivity contribution is -0.129. The maximum absolute atomic E-state index is 15.0. The van der Waals surface area contributed by atoms with Gasteiger partial charge in [0.1, 0.15) is 11.1 Å². The normalized spacial score (nSPS) is 25.8. The van der Waals surface area contributed by atoms with E-state index in [1.54, 1.807) is 29.2 Å². The van der Waals surface area contributed by atoms with Crippen LogP contribution < -0.4 is 10.2 Å². The number of nitrogens with one attached hydrogen (secondary N) is 1. The van der Waals surface area contributed by atoms with E-state index in [4.69, 9.17) is 0 Å². The molecule has 6 fully saturated rings. The van der Waals surface area contributed by atoms with E-state index in [2.05, 4.69) is 31.0 Å². The van der Waals surface area contributed by atoms with Crippen molar-refractivity contribution in [3.63, 3.8) is 0 Å². The molecule has 5 aliphatic heterocycles. The number of carboxylic acid groups (broad SMARTS) is 1. The summed E-state index contributed by atoms with van der Waals surface area (Å²) in [7, 11) is -3.52. The van der Waals surface area contributed by atoms with E-state index >= 15 is 0 Å². The van der Waals surface area contributed by atoms with Gasteiger partial charge in [-0.15, -0.1) is 0 Å². The number of nitrogens with zero attached hydrogens (tertiary/aromatic N) is 5. The number of carbonyl (C=O) groups is 2. The zero-order chi connectivity index (χ0) is 39.6.